The molecule has 11 heavy (non-hydrogen) atoms. The smallest absolute Gasteiger partial charge is 0.249 e. The summed E-state index contributed by atoms with van der Waals surface area (Å²) in [5.74, 6) is -0.357. The second kappa shape index (κ2) is 4.34. The van der Waals surface area contributed by atoms with E-state index in [1.165, 1.54) is 0 Å². The molecule has 0 rings (SSSR count). The summed E-state index contributed by atoms with van der Waals surface area (Å²) in [7, 11) is 0. The van der Waals surface area contributed by atoms with E-state index in [9.17, 15) is 4.79 Å². The maximum Gasteiger partial charge on any atom is 0.249 e. The lowest BCUT2D eigenvalue weighted by Crippen LogP contribution is -2.45. The molecule has 0 aromatic heterocycles. The Kier molecular flexibility index (Phi) is 4.11. The zero-order chi connectivity index (χ0) is 8.91. The van der Waals surface area contributed by atoms with Crippen LogP contribution in [0, 0.1) is 0 Å². The Morgan fingerprint density at radius 3 is 1.91 bits per heavy atom. The van der Waals surface area contributed by atoms with Crippen LogP contribution in [0.5, 0.6) is 0 Å². The topological polar surface area (TPSA) is 52.3 Å². The van der Waals surface area contributed by atoms with Gasteiger partial charge in [0.15, 0.2) is 0 Å². The Morgan fingerprint density at radius 1 is 1.36 bits per heavy atom. The maximum atomic E-state index is 11.0. The quantitative estimate of drug-likeness (QED) is 0.652. The number of carbonyl (C=O) groups excluding carboxylic acids is 1. The first-order valence-electron chi connectivity index (χ1n) is 4.06. The molecule has 0 aliphatic heterocycles. The van der Waals surface area contributed by atoms with Crippen molar-refractivity contribution >= 4 is 5.91 Å². The van der Waals surface area contributed by atoms with Gasteiger partial charge >= 0.3 is 0 Å². The predicted molar refractivity (Wildman–Crippen MR) is 44.1 cm³/mol. The van der Waals surface area contributed by atoms with Gasteiger partial charge in [0.2, 0.25) is 5.91 Å². The molecule has 0 saturated carbocycles. The van der Waals surface area contributed by atoms with Crippen molar-refractivity contribution in [3.63, 3.8) is 0 Å². The van der Waals surface area contributed by atoms with Crippen LogP contribution in [0.1, 0.15) is 33.6 Å². The van der Waals surface area contributed by atoms with E-state index in [1.54, 1.807) is 0 Å². The molecular formula is C8H17NO2. The van der Waals surface area contributed by atoms with E-state index >= 15 is 0 Å². The van der Waals surface area contributed by atoms with Gasteiger partial charge in [0.25, 0.3) is 0 Å². The standard InChI is InChI=1S/C8H17NO2/c1-4-8(5-2,7(9)10)11-6-3/h4-6H2,1-3H3,(H2,9,10). The highest BCUT2D eigenvalue weighted by Gasteiger charge is 2.32. The maximum absolute atomic E-state index is 11.0. The monoisotopic (exact) mass is 159 g/mol. The van der Waals surface area contributed by atoms with Gasteiger partial charge < -0.3 is 10.5 Å². The third-order valence-corrected chi connectivity index (χ3v) is 2.01. The molecule has 0 aliphatic rings. The van der Waals surface area contributed by atoms with Crippen LogP contribution in [-0.2, 0) is 9.53 Å². The summed E-state index contributed by atoms with van der Waals surface area (Å²) in [6.45, 7) is 6.21. The number of primary amides is 1. The molecule has 0 fully saturated rings. The van der Waals surface area contributed by atoms with E-state index in [1.807, 2.05) is 20.8 Å². The Labute approximate surface area is 67.9 Å². The summed E-state index contributed by atoms with van der Waals surface area (Å²) < 4.78 is 5.31. The van der Waals surface area contributed by atoms with Gasteiger partial charge in [-0.25, -0.2) is 0 Å². The van der Waals surface area contributed by atoms with Crippen LogP contribution in [0.2, 0.25) is 0 Å². The zero-order valence-corrected chi connectivity index (χ0v) is 7.52. The summed E-state index contributed by atoms with van der Waals surface area (Å²) in [6.07, 6.45) is 1.29. The normalized spacial score (nSPS) is 11.5. The number of carbonyl (C=O) groups is 1. The number of hydrogen-bond acceptors (Lipinski definition) is 2. The predicted octanol–water partition coefficient (Wildman–Crippen LogP) is 1.07. The van der Waals surface area contributed by atoms with E-state index in [0.717, 1.165) is 0 Å². The molecule has 0 aromatic carbocycles. The molecular weight excluding hydrogens is 142 g/mol. The average molecular weight is 159 g/mol. The summed E-state index contributed by atoms with van der Waals surface area (Å²) in [5, 5.41) is 0. The van der Waals surface area contributed by atoms with Crippen LogP contribution in [0.4, 0.5) is 0 Å². The molecule has 0 heterocycles. The van der Waals surface area contributed by atoms with Gasteiger partial charge in [-0.3, -0.25) is 4.79 Å². The van der Waals surface area contributed by atoms with Gasteiger partial charge in [0.1, 0.15) is 5.60 Å². The minimum Gasteiger partial charge on any atom is -0.367 e. The lowest BCUT2D eigenvalue weighted by Gasteiger charge is -2.27. The van der Waals surface area contributed by atoms with Gasteiger partial charge in [-0.1, -0.05) is 13.8 Å². The lowest BCUT2D eigenvalue weighted by molar-refractivity contribution is -0.144. The minimum atomic E-state index is -0.727. The minimum absolute atomic E-state index is 0.357. The van der Waals surface area contributed by atoms with Gasteiger partial charge in [-0.2, -0.15) is 0 Å². The molecule has 0 atom stereocenters. The molecule has 0 bridgehead atoms. The van der Waals surface area contributed by atoms with Crippen LogP contribution in [0.25, 0.3) is 0 Å². The molecule has 1 amide bonds. The number of hydrogen-bond donors (Lipinski definition) is 1. The van der Waals surface area contributed by atoms with Gasteiger partial charge in [0.05, 0.1) is 0 Å². The fourth-order valence-corrected chi connectivity index (χ4v) is 1.15. The van der Waals surface area contributed by atoms with Crippen molar-refractivity contribution in [3.05, 3.63) is 0 Å². The van der Waals surface area contributed by atoms with Crippen molar-refractivity contribution in [2.45, 2.75) is 39.2 Å². The average Bonchev–Trinajstić information content (AvgIpc) is 2.00. The third-order valence-electron chi connectivity index (χ3n) is 2.01. The van der Waals surface area contributed by atoms with Crippen molar-refractivity contribution in [3.8, 4) is 0 Å². The first-order chi connectivity index (χ1) is 5.13. The van der Waals surface area contributed by atoms with Crippen molar-refractivity contribution < 1.29 is 9.53 Å². The van der Waals surface area contributed by atoms with Crippen LogP contribution in [0.3, 0.4) is 0 Å². The summed E-state index contributed by atoms with van der Waals surface area (Å²) in [6, 6.07) is 0. The fraction of sp³-hybridized carbons (Fsp3) is 0.875. The number of nitrogens with two attached hydrogens (primary N) is 1. The Morgan fingerprint density at radius 2 is 1.82 bits per heavy atom. The molecule has 0 unspecified atom stereocenters. The highest BCUT2D eigenvalue weighted by atomic mass is 16.5. The Bertz CT molecular complexity index is 130. The Balaban J connectivity index is 4.32. The van der Waals surface area contributed by atoms with Gasteiger partial charge in [-0.15, -0.1) is 0 Å². The molecule has 0 saturated heterocycles. The van der Waals surface area contributed by atoms with Crippen molar-refractivity contribution in [2.75, 3.05) is 6.61 Å². The lowest BCUT2D eigenvalue weighted by atomic mass is 9.96. The largest absolute Gasteiger partial charge is 0.367 e. The Hall–Kier alpha value is -0.570. The third kappa shape index (κ3) is 2.19. The first-order valence-corrected chi connectivity index (χ1v) is 4.06. The van der Waals surface area contributed by atoms with Crippen LogP contribution < -0.4 is 5.73 Å². The van der Waals surface area contributed by atoms with Crippen molar-refractivity contribution in [2.24, 2.45) is 5.73 Å². The summed E-state index contributed by atoms with van der Waals surface area (Å²) >= 11 is 0. The van der Waals surface area contributed by atoms with Crippen LogP contribution >= 0.6 is 0 Å². The van der Waals surface area contributed by atoms with E-state index in [4.69, 9.17) is 10.5 Å². The highest BCUT2D eigenvalue weighted by Crippen LogP contribution is 2.19. The molecule has 0 radical (unpaired) electrons. The van der Waals surface area contributed by atoms with E-state index in [0.29, 0.717) is 19.4 Å². The van der Waals surface area contributed by atoms with Crippen LogP contribution in [0.15, 0.2) is 0 Å². The number of ether oxygens (including phenoxy) is 1. The number of rotatable bonds is 5. The van der Waals surface area contributed by atoms with E-state index in [2.05, 4.69) is 0 Å². The molecule has 0 aromatic rings. The van der Waals surface area contributed by atoms with E-state index < -0.39 is 5.60 Å². The second-order valence-corrected chi connectivity index (χ2v) is 2.50. The van der Waals surface area contributed by atoms with Gasteiger partial charge in [-0.05, 0) is 19.8 Å². The van der Waals surface area contributed by atoms with Crippen molar-refractivity contribution in [1.29, 1.82) is 0 Å². The molecule has 66 valence electrons. The van der Waals surface area contributed by atoms with Gasteiger partial charge in [0, 0.05) is 6.61 Å². The zero-order valence-electron chi connectivity index (χ0n) is 7.52. The fourth-order valence-electron chi connectivity index (χ4n) is 1.15. The molecule has 3 heteroatoms. The van der Waals surface area contributed by atoms with E-state index in [-0.39, 0.29) is 5.91 Å². The second-order valence-electron chi connectivity index (χ2n) is 2.50. The molecule has 0 spiro atoms. The summed E-state index contributed by atoms with van der Waals surface area (Å²) in [5.41, 5.74) is 4.49. The SMILES string of the molecule is CCOC(CC)(CC)C(N)=O. The van der Waals surface area contributed by atoms with Crippen LogP contribution in [-0.4, -0.2) is 18.1 Å². The first kappa shape index (κ1) is 10.4. The molecule has 3 nitrogen and oxygen atoms in total. The molecule has 0 aliphatic carbocycles. The highest BCUT2D eigenvalue weighted by molar-refractivity contribution is 5.83. The molecule has 2 N–H and O–H groups in total. The van der Waals surface area contributed by atoms with Crippen molar-refractivity contribution in [1.82, 2.24) is 0 Å². The summed E-state index contributed by atoms with van der Waals surface area (Å²) in [4.78, 5) is 11.0. The number of amides is 1.